The van der Waals surface area contributed by atoms with Crippen molar-refractivity contribution in [3.05, 3.63) is 64.2 Å². The van der Waals surface area contributed by atoms with Gasteiger partial charge in [0.25, 0.3) is 0 Å². The summed E-state index contributed by atoms with van der Waals surface area (Å²) in [5, 5.41) is 5.15. The molecule has 32 heavy (non-hydrogen) atoms. The van der Waals surface area contributed by atoms with Crippen LogP contribution in [0.5, 0.6) is 5.75 Å². The van der Waals surface area contributed by atoms with Gasteiger partial charge in [0.05, 0.1) is 30.7 Å². The molecule has 0 fully saturated rings. The van der Waals surface area contributed by atoms with Crippen molar-refractivity contribution in [1.29, 1.82) is 0 Å². The third-order valence-electron chi connectivity index (χ3n) is 4.46. The number of urea groups is 1. The number of nitrogens with one attached hydrogen (secondary N) is 2. The van der Waals surface area contributed by atoms with Crippen LogP contribution in [0.2, 0.25) is 0 Å². The Labute approximate surface area is 193 Å². The molecular weight excluding hydrogens is 484 g/mol. The Kier molecular flexibility index (Phi) is 8.32. The van der Waals surface area contributed by atoms with Crippen LogP contribution in [0, 0.1) is 0 Å². The summed E-state index contributed by atoms with van der Waals surface area (Å²) < 4.78 is 22.3. The molecular formula is C22H23BrN2O7. The van der Waals surface area contributed by atoms with Crippen molar-refractivity contribution in [2.75, 3.05) is 19.8 Å². The van der Waals surface area contributed by atoms with Crippen LogP contribution in [0.4, 0.5) is 4.79 Å². The van der Waals surface area contributed by atoms with E-state index < -0.39 is 24.0 Å². The van der Waals surface area contributed by atoms with Crippen molar-refractivity contribution >= 4 is 33.9 Å². The second kappa shape index (κ2) is 11.4. The standard InChI is InChI=1S/C22H23BrN2O7/c1-2-29-21(27)19-16(24-22(28)25-20(19)17-5-3-12-31-17)13-32-18(26)6-4-11-30-15-9-7-14(23)8-10-15/h3,5,7-10,12,20H,2,4,6,11,13H2,1H3,(H2,24,25,28). The normalized spacial score (nSPS) is 15.6. The van der Waals surface area contributed by atoms with E-state index in [1.807, 2.05) is 24.3 Å². The number of rotatable bonds is 10. The minimum atomic E-state index is -0.856. The molecule has 0 bridgehead atoms. The maximum atomic E-state index is 12.6. The molecule has 0 aliphatic carbocycles. The van der Waals surface area contributed by atoms with Gasteiger partial charge in [-0.1, -0.05) is 15.9 Å². The quantitative estimate of drug-likeness (QED) is 0.373. The number of ether oxygens (including phenoxy) is 3. The molecule has 1 unspecified atom stereocenters. The molecule has 10 heteroatoms. The number of carbonyl (C=O) groups is 3. The predicted octanol–water partition coefficient (Wildman–Crippen LogP) is 3.62. The van der Waals surface area contributed by atoms with Crippen LogP contribution in [0.1, 0.15) is 31.6 Å². The first-order chi connectivity index (χ1) is 15.5. The fraction of sp³-hybridized carbons (Fsp3) is 0.318. The lowest BCUT2D eigenvalue weighted by atomic mass is 10.0. The maximum absolute atomic E-state index is 12.6. The number of esters is 2. The van der Waals surface area contributed by atoms with Crippen LogP contribution in [0.3, 0.4) is 0 Å². The number of furan rings is 1. The third-order valence-corrected chi connectivity index (χ3v) is 4.99. The molecule has 0 spiro atoms. The van der Waals surface area contributed by atoms with E-state index in [4.69, 9.17) is 18.6 Å². The van der Waals surface area contributed by atoms with E-state index in [2.05, 4.69) is 26.6 Å². The third kappa shape index (κ3) is 6.36. The van der Waals surface area contributed by atoms with Crippen molar-refractivity contribution < 1.29 is 33.0 Å². The average molecular weight is 507 g/mol. The molecule has 0 radical (unpaired) electrons. The zero-order valence-corrected chi connectivity index (χ0v) is 19.0. The number of benzene rings is 1. The molecule has 170 valence electrons. The molecule has 1 aromatic carbocycles. The first kappa shape index (κ1) is 23.4. The summed E-state index contributed by atoms with van der Waals surface area (Å²) in [4.78, 5) is 36.8. The molecule has 2 aromatic rings. The summed E-state index contributed by atoms with van der Waals surface area (Å²) in [5.41, 5.74) is 0.265. The summed E-state index contributed by atoms with van der Waals surface area (Å²) >= 11 is 3.35. The molecule has 1 aliphatic heterocycles. The summed E-state index contributed by atoms with van der Waals surface area (Å²) in [5.74, 6) is -0.0678. The first-order valence-electron chi connectivity index (χ1n) is 10.0. The van der Waals surface area contributed by atoms with Gasteiger partial charge in [0.2, 0.25) is 0 Å². The summed E-state index contributed by atoms with van der Waals surface area (Å²) in [6.07, 6.45) is 2.00. The monoisotopic (exact) mass is 506 g/mol. The molecule has 3 rings (SSSR count). The smallest absolute Gasteiger partial charge is 0.338 e. The zero-order valence-electron chi connectivity index (χ0n) is 17.4. The van der Waals surface area contributed by atoms with E-state index in [0.29, 0.717) is 24.5 Å². The van der Waals surface area contributed by atoms with Crippen LogP contribution >= 0.6 is 15.9 Å². The first-order valence-corrected chi connectivity index (χ1v) is 10.8. The van der Waals surface area contributed by atoms with Crippen molar-refractivity contribution in [1.82, 2.24) is 10.6 Å². The molecule has 1 atom stereocenters. The van der Waals surface area contributed by atoms with E-state index in [1.165, 1.54) is 6.26 Å². The number of halogens is 1. The Hall–Kier alpha value is -3.27. The Bertz CT molecular complexity index is 971. The minimum Gasteiger partial charge on any atom is -0.494 e. The number of amides is 2. The van der Waals surface area contributed by atoms with Crippen LogP contribution in [-0.2, 0) is 19.1 Å². The highest BCUT2D eigenvalue weighted by Crippen LogP contribution is 2.28. The van der Waals surface area contributed by atoms with E-state index >= 15 is 0 Å². The van der Waals surface area contributed by atoms with Gasteiger partial charge in [-0.05, 0) is 49.7 Å². The van der Waals surface area contributed by atoms with E-state index in [0.717, 1.165) is 4.47 Å². The SMILES string of the molecule is CCOC(=O)C1=C(COC(=O)CCCOc2ccc(Br)cc2)NC(=O)NC1c1ccco1. The van der Waals surface area contributed by atoms with E-state index in [-0.39, 0.29) is 30.9 Å². The highest BCUT2D eigenvalue weighted by atomic mass is 79.9. The lowest BCUT2D eigenvalue weighted by Crippen LogP contribution is -2.47. The second-order valence-electron chi connectivity index (χ2n) is 6.73. The maximum Gasteiger partial charge on any atom is 0.338 e. The van der Waals surface area contributed by atoms with Crippen molar-refractivity contribution in [3.8, 4) is 5.75 Å². The molecule has 1 aliphatic rings. The summed E-state index contributed by atoms with van der Waals surface area (Å²) in [6.45, 7) is 1.87. The molecule has 2 amide bonds. The largest absolute Gasteiger partial charge is 0.494 e. The molecule has 2 heterocycles. The Morgan fingerprint density at radius 2 is 1.94 bits per heavy atom. The van der Waals surface area contributed by atoms with Gasteiger partial charge in [-0.25, -0.2) is 9.59 Å². The lowest BCUT2D eigenvalue weighted by Gasteiger charge is -2.27. The van der Waals surface area contributed by atoms with Crippen molar-refractivity contribution in [3.63, 3.8) is 0 Å². The molecule has 1 aromatic heterocycles. The fourth-order valence-electron chi connectivity index (χ4n) is 3.01. The topological polar surface area (TPSA) is 116 Å². The zero-order chi connectivity index (χ0) is 22.9. The predicted molar refractivity (Wildman–Crippen MR) is 117 cm³/mol. The number of carbonyl (C=O) groups excluding carboxylic acids is 3. The van der Waals surface area contributed by atoms with Crippen LogP contribution in [0.15, 0.2) is 62.8 Å². The van der Waals surface area contributed by atoms with Crippen LogP contribution in [-0.4, -0.2) is 37.8 Å². The highest BCUT2D eigenvalue weighted by Gasteiger charge is 2.35. The molecule has 2 N–H and O–H groups in total. The summed E-state index contributed by atoms with van der Waals surface area (Å²) in [6, 6.07) is 9.23. The Morgan fingerprint density at radius 3 is 2.62 bits per heavy atom. The van der Waals surface area contributed by atoms with Crippen molar-refractivity contribution in [2.45, 2.75) is 25.8 Å². The van der Waals surface area contributed by atoms with Gasteiger partial charge in [0.15, 0.2) is 0 Å². The average Bonchev–Trinajstić information content (AvgIpc) is 3.31. The molecule has 0 saturated carbocycles. The molecule has 0 saturated heterocycles. The lowest BCUT2D eigenvalue weighted by molar-refractivity contribution is -0.144. The second-order valence-corrected chi connectivity index (χ2v) is 7.64. The van der Waals surface area contributed by atoms with E-state index in [9.17, 15) is 14.4 Å². The fourth-order valence-corrected chi connectivity index (χ4v) is 3.28. The van der Waals surface area contributed by atoms with Gasteiger partial charge in [0, 0.05) is 10.9 Å². The van der Waals surface area contributed by atoms with Crippen molar-refractivity contribution in [2.24, 2.45) is 0 Å². The van der Waals surface area contributed by atoms with Gasteiger partial charge in [-0.2, -0.15) is 0 Å². The Morgan fingerprint density at radius 1 is 1.16 bits per heavy atom. The van der Waals surface area contributed by atoms with Gasteiger partial charge in [-0.15, -0.1) is 0 Å². The van der Waals surface area contributed by atoms with E-state index in [1.54, 1.807) is 19.1 Å². The van der Waals surface area contributed by atoms with Crippen LogP contribution < -0.4 is 15.4 Å². The number of hydrogen-bond acceptors (Lipinski definition) is 7. The van der Waals surface area contributed by atoms with Gasteiger partial charge in [0.1, 0.15) is 24.2 Å². The van der Waals surface area contributed by atoms with Gasteiger partial charge in [-0.3, -0.25) is 4.79 Å². The number of hydrogen-bond donors (Lipinski definition) is 2. The summed E-state index contributed by atoms with van der Waals surface area (Å²) in [7, 11) is 0. The molecule has 9 nitrogen and oxygen atoms in total. The van der Waals surface area contributed by atoms with Gasteiger partial charge >= 0.3 is 18.0 Å². The highest BCUT2D eigenvalue weighted by molar-refractivity contribution is 9.10. The minimum absolute atomic E-state index is 0.117. The van der Waals surface area contributed by atoms with Gasteiger partial charge < -0.3 is 29.3 Å². The van der Waals surface area contributed by atoms with Crippen LogP contribution in [0.25, 0.3) is 0 Å². The Balaban J connectivity index is 1.59.